The Morgan fingerprint density at radius 3 is 1.15 bits per heavy atom. The van der Waals surface area contributed by atoms with Crippen molar-refractivity contribution in [1.82, 2.24) is 31.1 Å². The van der Waals surface area contributed by atoms with Gasteiger partial charge >= 0.3 is 24.4 Å². The molecule has 16 nitrogen and oxygen atoms in total. The minimum Gasteiger partial charge on any atom is -0.490 e. The van der Waals surface area contributed by atoms with Gasteiger partial charge in [-0.15, -0.1) is 0 Å². The molecule has 4 aliphatic rings. The van der Waals surface area contributed by atoms with Gasteiger partial charge in [-0.2, -0.15) is 0 Å². The summed E-state index contributed by atoms with van der Waals surface area (Å²) in [6, 6.07) is 17.1. The van der Waals surface area contributed by atoms with Crippen molar-refractivity contribution in [3.8, 4) is 11.5 Å². The van der Waals surface area contributed by atoms with Crippen molar-refractivity contribution in [1.29, 1.82) is 0 Å². The van der Waals surface area contributed by atoms with Crippen molar-refractivity contribution in [3.63, 3.8) is 0 Å². The molecule has 2 aromatic rings. The fourth-order valence-corrected chi connectivity index (χ4v) is 9.45. The van der Waals surface area contributed by atoms with Gasteiger partial charge in [-0.1, -0.05) is 76.6 Å². The lowest BCUT2D eigenvalue weighted by Gasteiger charge is -2.27. The maximum absolute atomic E-state index is 12.8. The Morgan fingerprint density at radius 1 is 0.507 bits per heavy atom. The van der Waals surface area contributed by atoms with E-state index in [-0.39, 0.29) is 43.0 Å². The SMILES string of the molecule is CC1CN1CC(COc1ccc(C(C)(C)c2ccc(OCC(CN3CC3C)OC(=O)NCCCCCCNC(=O)OC3CCCCC3)cc2)cc1)OC(=O)NCCCCCCNC(=O)OC1CCCCC1. The number of ether oxygens (including phenoxy) is 6. The zero-order valence-corrected chi connectivity index (χ0v) is 43.4. The molecular formula is C55H86N6O10. The smallest absolute Gasteiger partial charge is 0.407 e. The van der Waals surface area contributed by atoms with Gasteiger partial charge in [0.25, 0.3) is 0 Å². The number of rotatable bonds is 30. The Hall–Kier alpha value is -4.96. The monoisotopic (exact) mass is 991 g/mol. The first-order valence-electron chi connectivity index (χ1n) is 27.1. The lowest BCUT2D eigenvalue weighted by Crippen LogP contribution is -2.36. The quantitative estimate of drug-likeness (QED) is 0.0332. The van der Waals surface area contributed by atoms with E-state index < -0.39 is 24.4 Å². The summed E-state index contributed by atoms with van der Waals surface area (Å²) in [5.74, 6) is 1.41. The molecule has 16 heteroatoms. The van der Waals surface area contributed by atoms with Crippen LogP contribution in [0.25, 0.3) is 0 Å². The molecule has 0 radical (unpaired) electrons. The number of amides is 4. The van der Waals surface area contributed by atoms with Crippen LogP contribution in [0.4, 0.5) is 19.2 Å². The van der Waals surface area contributed by atoms with Crippen LogP contribution < -0.4 is 30.7 Å². The van der Waals surface area contributed by atoms with E-state index in [4.69, 9.17) is 28.4 Å². The normalized spacial score (nSPS) is 20.9. The number of nitrogens with one attached hydrogen (secondary N) is 4. The third-order valence-electron chi connectivity index (χ3n) is 14.4. The fraction of sp³-hybridized carbons (Fsp3) is 0.709. The molecule has 6 rings (SSSR count). The molecule has 6 atom stereocenters. The Bertz CT molecular complexity index is 1760. The van der Waals surface area contributed by atoms with Crippen LogP contribution in [0.1, 0.15) is 154 Å². The third-order valence-corrected chi connectivity index (χ3v) is 14.4. The Morgan fingerprint density at radius 2 is 0.831 bits per heavy atom. The van der Waals surface area contributed by atoms with E-state index >= 15 is 0 Å². The van der Waals surface area contributed by atoms with E-state index in [9.17, 15) is 19.2 Å². The van der Waals surface area contributed by atoms with Gasteiger partial charge in [-0.3, -0.25) is 9.80 Å². The van der Waals surface area contributed by atoms with E-state index in [2.05, 4.69) is 83.0 Å². The lowest BCUT2D eigenvalue weighted by atomic mass is 9.78. The standard InChI is InChI=1S/C55H86N6O10/c1-41-35-60(41)37-49(70-53(64)58-33-17-7-5-15-31-56-51(62)68-47-19-11-9-12-20-47)39-66-45-27-23-43(24-28-45)55(3,4)44-25-29-46(30-26-44)67-40-50(38-61-36-42(61)2)71-54(65)59-34-18-8-6-16-32-57-52(63)69-48-21-13-10-14-22-48/h23-30,41-42,47-50H,5-22,31-40H2,1-4H3,(H,56,62)(H,57,63)(H,58,64)(H,59,65). The second-order valence-electron chi connectivity index (χ2n) is 20.8. The van der Waals surface area contributed by atoms with Crippen LogP contribution in [0.2, 0.25) is 0 Å². The first kappa shape index (κ1) is 55.4. The van der Waals surface area contributed by atoms with Gasteiger partial charge in [0, 0.05) is 69.9 Å². The molecule has 2 saturated carbocycles. The summed E-state index contributed by atoms with van der Waals surface area (Å²) in [7, 11) is 0. The molecule has 0 aromatic heterocycles. The Labute approximate surface area is 423 Å². The largest absolute Gasteiger partial charge is 0.490 e. The molecule has 2 aliphatic heterocycles. The van der Waals surface area contributed by atoms with E-state index in [1.54, 1.807) is 0 Å². The molecule has 0 bridgehead atoms. The topological polar surface area (TPSA) is 178 Å². The number of nitrogens with zero attached hydrogens (tertiary/aromatic N) is 2. The summed E-state index contributed by atoms with van der Waals surface area (Å²) in [4.78, 5) is 54.2. The van der Waals surface area contributed by atoms with Gasteiger partial charge in [0.15, 0.2) is 12.2 Å². The van der Waals surface area contributed by atoms with Crippen LogP contribution in [0.5, 0.6) is 11.5 Å². The van der Waals surface area contributed by atoms with Crippen molar-refractivity contribution in [3.05, 3.63) is 59.7 Å². The summed E-state index contributed by atoms with van der Waals surface area (Å²) in [6.07, 6.45) is 15.8. The minimum absolute atomic E-state index is 0.0613. The van der Waals surface area contributed by atoms with Crippen LogP contribution in [-0.4, -0.2) is 136 Å². The number of hydrogen-bond donors (Lipinski definition) is 4. The van der Waals surface area contributed by atoms with Gasteiger partial charge in [0.2, 0.25) is 0 Å². The second kappa shape index (κ2) is 29.5. The highest BCUT2D eigenvalue weighted by atomic mass is 16.6. The van der Waals surface area contributed by atoms with Crippen LogP contribution in [0.15, 0.2) is 48.5 Å². The van der Waals surface area contributed by atoms with E-state index in [0.717, 1.165) is 127 Å². The number of hydrogen-bond acceptors (Lipinski definition) is 12. The highest BCUT2D eigenvalue weighted by molar-refractivity contribution is 5.68. The first-order chi connectivity index (χ1) is 34.4. The summed E-state index contributed by atoms with van der Waals surface area (Å²) in [6.45, 7) is 14.6. The number of alkyl carbamates (subject to hydrolysis) is 4. The Kier molecular flexibility index (Phi) is 23.0. The van der Waals surface area contributed by atoms with Crippen molar-refractivity contribution in [2.24, 2.45) is 0 Å². The van der Waals surface area contributed by atoms with Crippen molar-refractivity contribution < 1.29 is 47.6 Å². The van der Waals surface area contributed by atoms with Crippen molar-refractivity contribution >= 4 is 24.4 Å². The highest BCUT2D eigenvalue weighted by Gasteiger charge is 2.34. The molecule has 2 aliphatic carbocycles. The minimum atomic E-state index is -0.439. The van der Waals surface area contributed by atoms with E-state index in [1.807, 2.05) is 24.3 Å². The molecule has 0 spiro atoms. The van der Waals surface area contributed by atoms with E-state index in [1.165, 1.54) is 12.8 Å². The molecule has 4 N–H and O–H groups in total. The summed E-state index contributed by atoms with van der Waals surface area (Å²) in [5, 5.41) is 11.5. The predicted molar refractivity (Wildman–Crippen MR) is 274 cm³/mol. The molecule has 6 unspecified atom stereocenters. The van der Waals surface area contributed by atoms with Crippen LogP contribution in [0, 0.1) is 0 Å². The van der Waals surface area contributed by atoms with Crippen LogP contribution in [-0.2, 0) is 24.4 Å². The molecule has 2 aromatic carbocycles. The van der Waals surface area contributed by atoms with Crippen LogP contribution >= 0.6 is 0 Å². The van der Waals surface area contributed by atoms with Crippen molar-refractivity contribution in [2.45, 2.75) is 185 Å². The third kappa shape index (κ3) is 21.0. The molecule has 2 heterocycles. The maximum atomic E-state index is 12.8. The maximum Gasteiger partial charge on any atom is 0.407 e. The van der Waals surface area contributed by atoms with Gasteiger partial charge in [0.1, 0.15) is 36.9 Å². The number of carbonyl (C=O) groups excluding carboxylic acids is 4. The molecule has 396 valence electrons. The average Bonchev–Trinajstić information content (AvgIpc) is 4.27. The van der Waals surface area contributed by atoms with Crippen LogP contribution in [0.3, 0.4) is 0 Å². The summed E-state index contributed by atoms with van der Waals surface area (Å²) >= 11 is 0. The number of benzene rings is 2. The van der Waals surface area contributed by atoms with Gasteiger partial charge in [0.05, 0.1) is 0 Å². The fourth-order valence-electron chi connectivity index (χ4n) is 9.45. The zero-order valence-electron chi connectivity index (χ0n) is 43.4. The first-order valence-corrected chi connectivity index (χ1v) is 27.1. The van der Waals surface area contributed by atoms with Gasteiger partial charge in [-0.05, 0) is 126 Å². The predicted octanol–water partition coefficient (Wildman–Crippen LogP) is 9.61. The average molecular weight is 991 g/mol. The highest BCUT2D eigenvalue weighted by Crippen LogP contribution is 2.34. The Balaban J connectivity index is 0.849. The number of unbranched alkanes of at least 4 members (excludes halogenated alkanes) is 6. The molecular weight excluding hydrogens is 905 g/mol. The molecule has 4 fully saturated rings. The lowest BCUT2D eigenvalue weighted by molar-refractivity contribution is 0.0555. The number of carbonyl (C=O) groups is 4. The zero-order chi connectivity index (χ0) is 50.3. The van der Waals surface area contributed by atoms with Crippen molar-refractivity contribution in [2.75, 3.05) is 65.6 Å². The molecule has 4 amide bonds. The molecule has 71 heavy (non-hydrogen) atoms. The second-order valence-corrected chi connectivity index (χ2v) is 20.8. The summed E-state index contributed by atoms with van der Waals surface area (Å²) in [5.41, 5.74) is 1.92. The summed E-state index contributed by atoms with van der Waals surface area (Å²) < 4.78 is 35.1. The van der Waals surface area contributed by atoms with Gasteiger partial charge in [-0.25, -0.2) is 19.2 Å². The van der Waals surface area contributed by atoms with E-state index in [0.29, 0.717) is 62.9 Å². The van der Waals surface area contributed by atoms with Gasteiger partial charge < -0.3 is 49.7 Å². The molecule has 2 saturated heterocycles.